The van der Waals surface area contributed by atoms with E-state index in [1.54, 1.807) is 4.68 Å². The lowest BCUT2D eigenvalue weighted by molar-refractivity contribution is 0.0705. The largest absolute Gasteiger partial charge is 0.339 e. The Morgan fingerprint density at radius 1 is 1.12 bits per heavy atom. The van der Waals surface area contributed by atoms with E-state index in [1.165, 1.54) is 19.2 Å². The number of likely N-dealkylation sites (tertiary alicyclic amines) is 1. The molecule has 2 aliphatic rings. The fourth-order valence-electron chi connectivity index (χ4n) is 3.16. The molecule has 1 aliphatic carbocycles. The molecule has 1 saturated heterocycles. The summed E-state index contributed by atoms with van der Waals surface area (Å²) >= 11 is 0. The van der Waals surface area contributed by atoms with Crippen LogP contribution in [0.5, 0.6) is 0 Å². The van der Waals surface area contributed by atoms with Crippen molar-refractivity contribution in [1.82, 2.24) is 30.4 Å². The Labute approximate surface area is 153 Å². The van der Waals surface area contributed by atoms with Crippen molar-refractivity contribution in [1.29, 1.82) is 0 Å². The molecule has 1 aromatic carbocycles. The number of amides is 1. The summed E-state index contributed by atoms with van der Waals surface area (Å²) in [7, 11) is 0. The second kappa shape index (κ2) is 7.93. The van der Waals surface area contributed by atoms with E-state index in [0.29, 0.717) is 6.04 Å². The lowest BCUT2D eigenvalue weighted by atomic mass is 10.0. The van der Waals surface area contributed by atoms with Gasteiger partial charge in [-0.2, -0.15) is 0 Å². The number of nitrogens with one attached hydrogen (secondary N) is 1. The van der Waals surface area contributed by atoms with Crippen LogP contribution in [0.4, 0.5) is 0 Å². The number of carbonyl (C=O) groups is 1. The highest BCUT2D eigenvalue weighted by molar-refractivity contribution is 5.94. The molecule has 25 heavy (non-hydrogen) atoms. The minimum atomic E-state index is 0. The zero-order valence-electron chi connectivity index (χ0n) is 14.0. The standard InChI is InChI=1S/C17H22N6O.ClH/c24-17(14-3-5-16(6-4-14)23-12-19-20-21-23)22-9-7-15(8-10-22)18-11-13-1-2-13;/h3-6,12-13,15,18H,1-2,7-11H2;1H. The number of hydrogen-bond acceptors (Lipinski definition) is 5. The molecule has 1 N–H and O–H groups in total. The Bertz CT molecular complexity index is 678. The summed E-state index contributed by atoms with van der Waals surface area (Å²) in [5.74, 6) is 1.02. The van der Waals surface area contributed by atoms with E-state index < -0.39 is 0 Å². The van der Waals surface area contributed by atoms with Crippen LogP contribution >= 0.6 is 12.4 Å². The number of halogens is 1. The second-order valence-corrected chi connectivity index (χ2v) is 6.72. The zero-order valence-corrected chi connectivity index (χ0v) is 14.9. The van der Waals surface area contributed by atoms with Gasteiger partial charge >= 0.3 is 0 Å². The van der Waals surface area contributed by atoms with Crippen molar-refractivity contribution in [2.75, 3.05) is 19.6 Å². The first-order valence-electron chi connectivity index (χ1n) is 8.66. The van der Waals surface area contributed by atoms with Gasteiger partial charge in [-0.15, -0.1) is 17.5 Å². The van der Waals surface area contributed by atoms with Gasteiger partial charge in [0.15, 0.2) is 0 Å². The van der Waals surface area contributed by atoms with Crippen LogP contribution in [0.2, 0.25) is 0 Å². The Balaban J connectivity index is 0.00000182. The molecule has 0 radical (unpaired) electrons. The van der Waals surface area contributed by atoms with Crippen molar-refractivity contribution in [3.8, 4) is 5.69 Å². The Morgan fingerprint density at radius 2 is 1.84 bits per heavy atom. The van der Waals surface area contributed by atoms with Crippen molar-refractivity contribution in [3.63, 3.8) is 0 Å². The molecular formula is C17H23ClN6O. The van der Waals surface area contributed by atoms with E-state index in [9.17, 15) is 4.79 Å². The maximum Gasteiger partial charge on any atom is 0.253 e. The maximum atomic E-state index is 12.6. The smallest absolute Gasteiger partial charge is 0.253 e. The highest BCUT2D eigenvalue weighted by Crippen LogP contribution is 2.28. The molecule has 8 heteroatoms. The number of carbonyl (C=O) groups excluding carboxylic acids is 1. The van der Waals surface area contributed by atoms with Gasteiger partial charge < -0.3 is 10.2 Å². The highest BCUT2D eigenvalue weighted by atomic mass is 35.5. The van der Waals surface area contributed by atoms with Gasteiger partial charge in [0.2, 0.25) is 0 Å². The zero-order chi connectivity index (χ0) is 16.4. The molecule has 1 aliphatic heterocycles. The van der Waals surface area contributed by atoms with Crippen molar-refractivity contribution in [2.45, 2.75) is 31.7 Å². The average molecular weight is 363 g/mol. The van der Waals surface area contributed by atoms with Crippen molar-refractivity contribution in [3.05, 3.63) is 36.2 Å². The molecule has 7 nitrogen and oxygen atoms in total. The van der Waals surface area contributed by atoms with Crippen LogP contribution in [0.3, 0.4) is 0 Å². The predicted octanol–water partition coefficient (Wildman–Crippen LogP) is 1.69. The third-order valence-corrected chi connectivity index (χ3v) is 4.90. The van der Waals surface area contributed by atoms with Gasteiger partial charge in [0.25, 0.3) is 5.91 Å². The summed E-state index contributed by atoms with van der Waals surface area (Å²) in [6, 6.07) is 7.99. The van der Waals surface area contributed by atoms with E-state index in [1.807, 2.05) is 29.2 Å². The fourth-order valence-corrected chi connectivity index (χ4v) is 3.16. The van der Waals surface area contributed by atoms with Gasteiger partial charge in [0, 0.05) is 24.7 Å². The molecule has 2 aromatic rings. The van der Waals surface area contributed by atoms with E-state index in [-0.39, 0.29) is 18.3 Å². The van der Waals surface area contributed by atoms with Crippen molar-refractivity contribution < 1.29 is 4.79 Å². The molecule has 2 heterocycles. The SMILES string of the molecule is Cl.O=C(c1ccc(-n2cnnn2)cc1)N1CCC(NCC2CC2)CC1. The van der Waals surface area contributed by atoms with Gasteiger partial charge in [-0.25, -0.2) is 4.68 Å². The predicted molar refractivity (Wildman–Crippen MR) is 96.1 cm³/mol. The topological polar surface area (TPSA) is 75.9 Å². The first-order valence-corrected chi connectivity index (χ1v) is 8.66. The molecule has 1 aromatic heterocycles. The van der Waals surface area contributed by atoms with Gasteiger partial charge in [-0.05, 0) is 72.8 Å². The first-order chi connectivity index (χ1) is 11.8. The van der Waals surface area contributed by atoms with Crippen LogP contribution in [0.15, 0.2) is 30.6 Å². The lowest BCUT2D eigenvalue weighted by Gasteiger charge is -2.32. The highest BCUT2D eigenvalue weighted by Gasteiger charge is 2.26. The number of piperidine rings is 1. The Morgan fingerprint density at radius 3 is 2.44 bits per heavy atom. The van der Waals surface area contributed by atoms with E-state index in [4.69, 9.17) is 0 Å². The van der Waals surface area contributed by atoms with Gasteiger partial charge in [0.05, 0.1) is 5.69 Å². The first kappa shape index (κ1) is 17.8. The summed E-state index contributed by atoms with van der Waals surface area (Å²) < 4.78 is 1.57. The molecule has 1 amide bonds. The van der Waals surface area contributed by atoms with Gasteiger partial charge in [-0.1, -0.05) is 0 Å². The van der Waals surface area contributed by atoms with Crippen molar-refractivity contribution >= 4 is 18.3 Å². The molecule has 134 valence electrons. The van der Waals surface area contributed by atoms with Gasteiger partial charge in [-0.3, -0.25) is 4.79 Å². The molecular weight excluding hydrogens is 340 g/mol. The van der Waals surface area contributed by atoms with E-state index >= 15 is 0 Å². The summed E-state index contributed by atoms with van der Waals surface area (Å²) in [5.41, 5.74) is 1.57. The molecule has 0 atom stereocenters. The quantitative estimate of drug-likeness (QED) is 0.875. The normalized spacial score (nSPS) is 18.0. The number of nitrogens with zero attached hydrogens (tertiary/aromatic N) is 5. The van der Waals surface area contributed by atoms with Crippen LogP contribution in [0, 0.1) is 5.92 Å². The van der Waals surface area contributed by atoms with E-state index in [0.717, 1.165) is 49.6 Å². The molecule has 1 saturated carbocycles. The molecule has 0 spiro atoms. The third kappa shape index (κ3) is 4.35. The Hall–Kier alpha value is -1.99. The number of tetrazole rings is 1. The minimum Gasteiger partial charge on any atom is -0.339 e. The number of rotatable bonds is 5. The van der Waals surface area contributed by atoms with E-state index in [2.05, 4.69) is 20.8 Å². The molecule has 2 fully saturated rings. The monoisotopic (exact) mass is 362 g/mol. The molecule has 4 rings (SSSR count). The number of benzene rings is 1. The van der Waals surface area contributed by atoms with Crippen LogP contribution < -0.4 is 5.32 Å². The summed E-state index contributed by atoms with van der Waals surface area (Å²) in [4.78, 5) is 14.6. The summed E-state index contributed by atoms with van der Waals surface area (Å²) in [6.07, 6.45) is 6.38. The average Bonchev–Trinajstić information content (AvgIpc) is 3.31. The molecule has 0 bridgehead atoms. The second-order valence-electron chi connectivity index (χ2n) is 6.72. The number of hydrogen-bond donors (Lipinski definition) is 1. The number of aromatic nitrogens is 4. The minimum absolute atomic E-state index is 0. The lowest BCUT2D eigenvalue weighted by Crippen LogP contribution is -2.45. The van der Waals surface area contributed by atoms with Crippen LogP contribution in [0.25, 0.3) is 5.69 Å². The summed E-state index contributed by atoms with van der Waals surface area (Å²) in [5, 5.41) is 14.7. The van der Waals surface area contributed by atoms with Crippen LogP contribution in [-0.2, 0) is 0 Å². The van der Waals surface area contributed by atoms with Crippen LogP contribution in [0.1, 0.15) is 36.0 Å². The fraction of sp³-hybridized carbons (Fsp3) is 0.529. The third-order valence-electron chi connectivity index (χ3n) is 4.90. The maximum absolute atomic E-state index is 12.6. The van der Waals surface area contributed by atoms with Gasteiger partial charge in [0.1, 0.15) is 6.33 Å². The van der Waals surface area contributed by atoms with Crippen LogP contribution in [-0.4, -0.2) is 56.7 Å². The Kier molecular flexibility index (Phi) is 5.65. The van der Waals surface area contributed by atoms with Crippen molar-refractivity contribution in [2.24, 2.45) is 5.92 Å². The molecule has 0 unspecified atom stereocenters. The summed E-state index contributed by atoms with van der Waals surface area (Å²) in [6.45, 7) is 2.81.